The maximum atomic E-state index is 12.5. The maximum absolute atomic E-state index is 12.5. The summed E-state index contributed by atoms with van der Waals surface area (Å²) < 4.78 is 3.30. The first-order valence-corrected chi connectivity index (χ1v) is 7.05. The first kappa shape index (κ1) is 14.8. The zero-order valence-corrected chi connectivity index (χ0v) is 13.1. The normalized spacial score (nSPS) is 10.6. The lowest BCUT2D eigenvalue weighted by molar-refractivity contribution is 0.102. The van der Waals surface area contributed by atoms with Crippen molar-refractivity contribution in [3.05, 3.63) is 48.2 Å². The van der Waals surface area contributed by atoms with Crippen LogP contribution in [0.15, 0.2) is 36.8 Å². The van der Waals surface area contributed by atoms with Crippen molar-refractivity contribution in [3.8, 4) is 0 Å². The minimum Gasteiger partial charge on any atom is -0.351 e. The fourth-order valence-electron chi connectivity index (χ4n) is 2.13. The molecule has 3 aromatic heterocycles. The number of anilines is 3. The number of hydrogen-bond donors (Lipinski definition) is 2. The number of aryl methyl sites for hydroxylation is 3. The molecule has 8 nitrogen and oxygen atoms in total. The van der Waals surface area contributed by atoms with Gasteiger partial charge in [-0.1, -0.05) is 0 Å². The van der Waals surface area contributed by atoms with Gasteiger partial charge in [0.25, 0.3) is 5.91 Å². The summed E-state index contributed by atoms with van der Waals surface area (Å²) in [6, 6.07) is 5.39. The van der Waals surface area contributed by atoms with Gasteiger partial charge in [0.15, 0.2) is 11.5 Å². The first-order chi connectivity index (χ1) is 11.0. The largest absolute Gasteiger partial charge is 0.351 e. The molecule has 0 aliphatic heterocycles. The van der Waals surface area contributed by atoms with E-state index in [9.17, 15) is 4.79 Å². The number of amides is 1. The van der Waals surface area contributed by atoms with Gasteiger partial charge in [0.2, 0.25) is 0 Å². The first-order valence-electron chi connectivity index (χ1n) is 7.05. The molecule has 23 heavy (non-hydrogen) atoms. The summed E-state index contributed by atoms with van der Waals surface area (Å²) in [4.78, 5) is 16.9. The van der Waals surface area contributed by atoms with Gasteiger partial charge in [-0.3, -0.25) is 14.2 Å². The predicted molar refractivity (Wildman–Crippen MR) is 86.6 cm³/mol. The van der Waals surface area contributed by atoms with Crippen molar-refractivity contribution in [2.24, 2.45) is 14.1 Å². The molecule has 3 heterocycles. The molecule has 118 valence electrons. The van der Waals surface area contributed by atoms with E-state index < -0.39 is 0 Å². The third-order valence-corrected chi connectivity index (χ3v) is 3.19. The van der Waals surface area contributed by atoms with Crippen molar-refractivity contribution >= 4 is 23.1 Å². The molecular weight excluding hydrogens is 294 g/mol. The lowest BCUT2D eigenvalue weighted by Crippen LogP contribution is -2.16. The Bertz CT molecular complexity index is 849. The summed E-state index contributed by atoms with van der Waals surface area (Å²) in [6.45, 7) is 1.84. The average molecular weight is 311 g/mol. The fourth-order valence-corrected chi connectivity index (χ4v) is 2.13. The van der Waals surface area contributed by atoms with E-state index in [0.717, 1.165) is 11.4 Å². The predicted octanol–water partition coefficient (Wildman–Crippen LogP) is 1.85. The van der Waals surface area contributed by atoms with Crippen LogP contribution in [-0.4, -0.2) is 30.5 Å². The number of carbonyl (C=O) groups is 1. The maximum Gasteiger partial charge on any atom is 0.277 e. The summed E-state index contributed by atoms with van der Waals surface area (Å²) in [6.07, 6.45) is 5.26. The van der Waals surface area contributed by atoms with Crippen molar-refractivity contribution in [2.45, 2.75) is 6.92 Å². The van der Waals surface area contributed by atoms with Crippen LogP contribution < -0.4 is 10.6 Å². The summed E-state index contributed by atoms with van der Waals surface area (Å²) in [5.41, 5.74) is 2.45. The van der Waals surface area contributed by atoms with Crippen LogP contribution in [0.1, 0.15) is 16.2 Å². The van der Waals surface area contributed by atoms with Crippen LogP contribution in [0.3, 0.4) is 0 Å². The Hall–Kier alpha value is -3.16. The van der Waals surface area contributed by atoms with Gasteiger partial charge in [0.05, 0.1) is 17.6 Å². The highest BCUT2D eigenvalue weighted by atomic mass is 16.2. The smallest absolute Gasteiger partial charge is 0.277 e. The molecule has 0 atom stereocenters. The SMILES string of the molecule is Cc1ccc(Nc2cnn(C)c2)c(C(=O)Nc2ccn(C)n2)n1. The average Bonchev–Trinajstić information content (AvgIpc) is 3.09. The van der Waals surface area contributed by atoms with E-state index in [-0.39, 0.29) is 5.91 Å². The number of aromatic nitrogens is 5. The Kier molecular flexibility index (Phi) is 3.80. The Balaban J connectivity index is 1.87. The molecule has 0 saturated heterocycles. The molecular formula is C15H17N7O. The van der Waals surface area contributed by atoms with E-state index in [4.69, 9.17) is 0 Å². The molecule has 0 bridgehead atoms. The highest BCUT2D eigenvalue weighted by Gasteiger charge is 2.15. The summed E-state index contributed by atoms with van der Waals surface area (Å²) in [5.74, 6) is 0.159. The highest BCUT2D eigenvalue weighted by Crippen LogP contribution is 2.20. The minimum atomic E-state index is -0.321. The standard InChI is InChI=1S/C15H17N7O/c1-10-4-5-12(18-11-8-16-22(3)9-11)14(17-10)15(23)19-13-6-7-21(2)20-13/h4-9,18H,1-3H3,(H,19,20,23). The van der Waals surface area contributed by atoms with Gasteiger partial charge >= 0.3 is 0 Å². The third kappa shape index (κ3) is 3.37. The van der Waals surface area contributed by atoms with E-state index in [1.165, 1.54) is 0 Å². The van der Waals surface area contributed by atoms with Gasteiger partial charge in [-0.25, -0.2) is 4.98 Å². The number of rotatable bonds is 4. The van der Waals surface area contributed by atoms with Crippen molar-refractivity contribution in [1.29, 1.82) is 0 Å². The van der Waals surface area contributed by atoms with E-state index in [1.54, 1.807) is 34.9 Å². The summed E-state index contributed by atoms with van der Waals surface area (Å²) in [5, 5.41) is 14.1. The van der Waals surface area contributed by atoms with Gasteiger partial charge in [-0.2, -0.15) is 10.2 Å². The lowest BCUT2D eigenvalue weighted by Gasteiger charge is -2.10. The molecule has 3 rings (SSSR count). The monoisotopic (exact) mass is 311 g/mol. The van der Waals surface area contributed by atoms with Crippen LogP contribution in [0, 0.1) is 6.92 Å². The molecule has 0 radical (unpaired) electrons. The van der Waals surface area contributed by atoms with Gasteiger partial charge < -0.3 is 10.6 Å². The van der Waals surface area contributed by atoms with Crippen molar-refractivity contribution in [2.75, 3.05) is 10.6 Å². The summed E-state index contributed by atoms with van der Waals surface area (Å²) >= 11 is 0. The van der Waals surface area contributed by atoms with Crippen LogP contribution in [0.25, 0.3) is 0 Å². The molecule has 0 unspecified atom stereocenters. The molecule has 0 aromatic carbocycles. The van der Waals surface area contributed by atoms with Crippen LogP contribution in [0.5, 0.6) is 0 Å². The third-order valence-electron chi connectivity index (χ3n) is 3.19. The molecule has 0 spiro atoms. The Morgan fingerprint density at radius 1 is 1.17 bits per heavy atom. The van der Waals surface area contributed by atoms with E-state index in [0.29, 0.717) is 17.2 Å². The molecule has 8 heteroatoms. The van der Waals surface area contributed by atoms with Crippen molar-refractivity contribution in [3.63, 3.8) is 0 Å². The molecule has 2 N–H and O–H groups in total. The highest BCUT2D eigenvalue weighted by molar-refractivity contribution is 6.06. The topological polar surface area (TPSA) is 89.7 Å². The van der Waals surface area contributed by atoms with Crippen LogP contribution >= 0.6 is 0 Å². The van der Waals surface area contributed by atoms with E-state index in [2.05, 4.69) is 25.8 Å². The van der Waals surface area contributed by atoms with Gasteiger partial charge in [0.1, 0.15) is 0 Å². The fraction of sp³-hybridized carbons (Fsp3) is 0.200. The molecule has 0 aliphatic carbocycles. The second-order valence-electron chi connectivity index (χ2n) is 5.21. The van der Waals surface area contributed by atoms with Crippen LogP contribution in [0.4, 0.5) is 17.2 Å². The lowest BCUT2D eigenvalue weighted by atomic mass is 10.2. The molecule has 0 aliphatic rings. The molecule has 0 saturated carbocycles. The van der Waals surface area contributed by atoms with E-state index >= 15 is 0 Å². The van der Waals surface area contributed by atoms with Gasteiger partial charge in [-0.05, 0) is 19.1 Å². The van der Waals surface area contributed by atoms with Crippen molar-refractivity contribution < 1.29 is 4.79 Å². The zero-order chi connectivity index (χ0) is 16.4. The minimum absolute atomic E-state index is 0.305. The molecule has 1 amide bonds. The Morgan fingerprint density at radius 3 is 2.65 bits per heavy atom. The van der Waals surface area contributed by atoms with Gasteiger partial charge in [-0.15, -0.1) is 0 Å². The summed E-state index contributed by atoms with van der Waals surface area (Å²) in [7, 11) is 3.61. The molecule has 3 aromatic rings. The van der Waals surface area contributed by atoms with Crippen LogP contribution in [0.2, 0.25) is 0 Å². The second kappa shape index (κ2) is 5.91. The number of pyridine rings is 1. The molecule has 0 fully saturated rings. The van der Waals surface area contributed by atoms with Gasteiger partial charge in [0, 0.05) is 38.2 Å². The number of nitrogens with one attached hydrogen (secondary N) is 2. The number of hydrogen-bond acceptors (Lipinski definition) is 5. The van der Waals surface area contributed by atoms with Crippen LogP contribution in [-0.2, 0) is 14.1 Å². The number of nitrogens with zero attached hydrogens (tertiary/aromatic N) is 5. The Morgan fingerprint density at radius 2 is 2.00 bits per heavy atom. The van der Waals surface area contributed by atoms with Crippen molar-refractivity contribution in [1.82, 2.24) is 24.5 Å². The quantitative estimate of drug-likeness (QED) is 0.767. The van der Waals surface area contributed by atoms with E-state index in [1.807, 2.05) is 32.3 Å². The number of carbonyl (C=O) groups excluding carboxylic acids is 1. The second-order valence-corrected chi connectivity index (χ2v) is 5.21. The zero-order valence-electron chi connectivity index (χ0n) is 13.1. The Labute approximate surface area is 133 Å².